The molecular formula is C15H20N2O. The number of likely N-dealkylation sites (N-methyl/N-ethyl adjacent to an activating group) is 1. The van der Waals surface area contributed by atoms with Gasteiger partial charge in [-0.2, -0.15) is 0 Å². The molecule has 1 aromatic heterocycles. The zero-order valence-electron chi connectivity index (χ0n) is 11.2. The maximum atomic E-state index is 6.03. The van der Waals surface area contributed by atoms with Crippen molar-refractivity contribution in [1.29, 1.82) is 0 Å². The normalized spacial score (nSPS) is 10.6. The molecule has 1 heterocycles. The van der Waals surface area contributed by atoms with Crippen LogP contribution in [-0.4, -0.2) is 13.6 Å². The van der Waals surface area contributed by atoms with E-state index in [0.717, 1.165) is 35.9 Å². The lowest BCUT2D eigenvalue weighted by molar-refractivity contribution is 0.483. The first-order chi connectivity index (χ1) is 8.56. The van der Waals surface area contributed by atoms with Gasteiger partial charge in [-0.05, 0) is 43.7 Å². The fraction of sp³-hybridized carbons (Fsp3) is 0.333. The summed E-state index contributed by atoms with van der Waals surface area (Å²) >= 11 is 0. The molecule has 0 unspecified atom stereocenters. The molecule has 0 aliphatic carbocycles. The maximum Gasteiger partial charge on any atom is 0.105 e. The average Bonchev–Trinajstić information content (AvgIpc) is 2.72. The molecule has 0 saturated carbocycles. The Morgan fingerprint density at radius 2 is 1.94 bits per heavy atom. The number of nitrogen functional groups attached to an aromatic ring is 1. The van der Waals surface area contributed by atoms with E-state index in [1.54, 1.807) is 0 Å². The van der Waals surface area contributed by atoms with E-state index in [2.05, 4.69) is 24.1 Å². The lowest BCUT2D eigenvalue weighted by Gasteiger charge is -2.20. The van der Waals surface area contributed by atoms with Crippen LogP contribution in [0.25, 0.3) is 0 Å². The van der Waals surface area contributed by atoms with Crippen LogP contribution in [0.4, 0.5) is 11.4 Å². The van der Waals surface area contributed by atoms with Gasteiger partial charge >= 0.3 is 0 Å². The van der Waals surface area contributed by atoms with Crippen LogP contribution in [0, 0.1) is 13.8 Å². The summed E-state index contributed by atoms with van der Waals surface area (Å²) in [4.78, 5) is 2.16. The van der Waals surface area contributed by atoms with E-state index in [1.165, 1.54) is 5.56 Å². The molecule has 0 aliphatic rings. The van der Waals surface area contributed by atoms with Crippen molar-refractivity contribution in [2.24, 2.45) is 0 Å². The van der Waals surface area contributed by atoms with Crippen LogP contribution in [-0.2, 0) is 6.42 Å². The molecule has 96 valence electrons. The second-order valence-corrected chi connectivity index (χ2v) is 4.75. The number of nitrogens with two attached hydrogens (primary N) is 1. The number of anilines is 2. The van der Waals surface area contributed by atoms with Crippen molar-refractivity contribution in [1.82, 2.24) is 0 Å². The fourth-order valence-corrected chi connectivity index (χ4v) is 2.04. The molecule has 0 spiro atoms. The van der Waals surface area contributed by atoms with E-state index in [0.29, 0.717) is 0 Å². The molecular weight excluding hydrogens is 224 g/mol. The Balaban J connectivity index is 2.01. The third-order valence-corrected chi connectivity index (χ3v) is 3.08. The van der Waals surface area contributed by atoms with Gasteiger partial charge in [0.1, 0.15) is 11.5 Å². The minimum absolute atomic E-state index is 0.827. The van der Waals surface area contributed by atoms with Gasteiger partial charge in [0.15, 0.2) is 0 Å². The zero-order valence-corrected chi connectivity index (χ0v) is 11.2. The van der Waals surface area contributed by atoms with Gasteiger partial charge in [0, 0.05) is 20.0 Å². The van der Waals surface area contributed by atoms with Crippen LogP contribution < -0.4 is 10.6 Å². The zero-order chi connectivity index (χ0) is 13.1. The smallest absolute Gasteiger partial charge is 0.105 e. The van der Waals surface area contributed by atoms with E-state index in [-0.39, 0.29) is 0 Å². The molecule has 0 saturated heterocycles. The van der Waals surface area contributed by atoms with Gasteiger partial charge in [0.05, 0.1) is 11.4 Å². The molecule has 0 fully saturated rings. The van der Waals surface area contributed by atoms with Crippen molar-refractivity contribution in [3.8, 4) is 0 Å². The Hall–Kier alpha value is -1.90. The molecule has 18 heavy (non-hydrogen) atoms. The first-order valence-corrected chi connectivity index (χ1v) is 6.19. The summed E-state index contributed by atoms with van der Waals surface area (Å²) in [6.07, 6.45) is 0.887. The van der Waals surface area contributed by atoms with Crippen molar-refractivity contribution in [3.63, 3.8) is 0 Å². The van der Waals surface area contributed by atoms with Gasteiger partial charge in [-0.1, -0.05) is 6.07 Å². The Bertz CT molecular complexity index is 531. The highest BCUT2D eigenvalue weighted by Crippen LogP contribution is 2.23. The Morgan fingerprint density at radius 3 is 2.56 bits per heavy atom. The lowest BCUT2D eigenvalue weighted by Crippen LogP contribution is -2.21. The molecule has 0 aliphatic heterocycles. The molecule has 0 amide bonds. The molecule has 2 rings (SSSR count). The van der Waals surface area contributed by atoms with E-state index in [4.69, 9.17) is 10.2 Å². The lowest BCUT2D eigenvalue weighted by atomic mass is 10.2. The summed E-state index contributed by atoms with van der Waals surface area (Å²) < 4.78 is 5.56. The SMILES string of the molecule is Cc1ccc(N(C)CCc2ccc(C)o2)c(N)c1. The van der Waals surface area contributed by atoms with Gasteiger partial charge in [-0.15, -0.1) is 0 Å². The van der Waals surface area contributed by atoms with E-state index < -0.39 is 0 Å². The monoisotopic (exact) mass is 244 g/mol. The molecule has 2 N–H and O–H groups in total. The van der Waals surface area contributed by atoms with Crippen LogP contribution in [0.2, 0.25) is 0 Å². The standard InChI is InChI=1S/C15H20N2O/c1-11-4-7-15(14(16)10-11)17(3)9-8-13-6-5-12(2)18-13/h4-7,10H,8-9,16H2,1-3H3. The highest BCUT2D eigenvalue weighted by Gasteiger charge is 2.06. The highest BCUT2D eigenvalue weighted by atomic mass is 16.3. The maximum absolute atomic E-state index is 6.03. The first kappa shape index (κ1) is 12.6. The molecule has 3 heteroatoms. The largest absolute Gasteiger partial charge is 0.466 e. The number of aryl methyl sites for hydroxylation is 2. The summed E-state index contributed by atoms with van der Waals surface area (Å²) in [5.74, 6) is 1.98. The summed E-state index contributed by atoms with van der Waals surface area (Å²) in [5, 5.41) is 0. The van der Waals surface area contributed by atoms with Crippen molar-refractivity contribution in [2.45, 2.75) is 20.3 Å². The third-order valence-electron chi connectivity index (χ3n) is 3.08. The van der Waals surface area contributed by atoms with Crippen LogP contribution in [0.1, 0.15) is 17.1 Å². The van der Waals surface area contributed by atoms with E-state index in [9.17, 15) is 0 Å². The number of benzene rings is 1. The minimum Gasteiger partial charge on any atom is -0.466 e. The van der Waals surface area contributed by atoms with Crippen molar-refractivity contribution in [3.05, 3.63) is 47.4 Å². The van der Waals surface area contributed by atoms with Gasteiger partial charge in [0.2, 0.25) is 0 Å². The fourth-order valence-electron chi connectivity index (χ4n) is 2.04. The number of nitrogens with zero attached hydrogens (tertiary/aromatic N) is 1. The molecule has 0 bridgehead atoms. The summed E-state index contributed by atoms with van der Waals surface area (Å²) in [6, 6.07) is 10.2. The topological polar surface area (TPSA) is 42.4 Å². The second kappa shape index (κ2) is 5.17. The van der Waals surface area contributed by atoms with Crippen LogP contribution >= 0.6 is 0 Å². The highest BCUT2D eigenvalue weighted by molar-refractivity contribution is 5.68. The first-order valence-electron chi connectivity index (χ1n) is 6.19. The number of hydrogen-bond donors (Lipinski definition) is 1. The third kappa shape index (κ3) is 2.86. The predicted molar refractivity (Wildman–Crippen MR) is 76.0 cm³/mol. The number of rotatable bonds is 4. The number of hydrogen-bond acceptors (Lipinski definition) is 3. The van der Waals surface area contributed by atoms with Crippen LogP contribution in [0.5, 0.6) is 0 Å². The molecule has 0 atom stereocenters. The summed E-state index contributed by atoms with van der Waals surface area (Å²) in [7, 11) is 2.05. The average molecular weight is 244 g/mol. The van der Waals surface area contributed by atoms with Crippen molar-refractivity contribution in [2.75, 3.05) is 24.2 Å². The quantitative estimate of drug-likeness (QED) is 0.840. The predicted octanol–water partition coefficient (Wildman–Crippen LogP) is 3.16. The summed E-state index contributed by atoms with van der Waals surface area (Å²) in [6.45, 7) is 4.90. The molecule has 1 aromatic carbocycles. The van der Waals surface area contributed by atoms with Crippen molar-refractivity contribution < 1.29 is 4.42 Å². The van der Waals surface area contributed by atoms with Crippen molar-refractivity contribution >= 4 is 11.4 Å². The second-order valence-electron chi connectivity index (χ2n) is 4.75. The minimum atomic E-state index is 0.827. The Kier molecular flexibility index (Phi) is 3.60. The van der Waals surface area contributed by atoms with E-state index in [1.807, 2.05) is 32.0 Å². The van der Waals surface area contributed by atoms with E-state index >= 15 is 0 Å². The number of furan rings is 1. The van der Waals surface area contributed by atoms with Crippen LogP contribution in [0.3, 0.4) is 0 Å². The molecule has 0 radical (unpaired) electrons. The summed E-state index contributed by atoms with van der Waals surface area (Å²) in [5.41, 5.74) is 9.12. The van der Waals surface area contributed by atoms with Gasteiger partial charge < -0.3 is 15.1 Å². The Morgan fingerprint density at radius 1 is 1.17 bits per heavy atom. The van der Waals surface area contributed by atoms with Gasteiger partial charge in [-0.3, -0.25) is 0 Å². The van der Waals surface area contributed by atoms with Gasteiger partial charge in [-0.25, -0.2) is 0 Å². The van der Waals surface area contributed by atoms with Crippen LogP contribution in [0.15, 0.2) is 34.7 Å². The molecule has 2 aromatic rings. The Labute approximate surface area is 108 Å². The van der Waals surface area contributed by atoms with Gasteiger partial charge in [0.25, 0.3) is 0 Å². The molecule has 3 nitrogen and oxygen atoms in total.